The van der Waals surface area contributed by atoms with Crippen LogP contribution in [0.1, 0.15) is 12.0 Å². The van der Waals surface area contributed by atoms with E-state index in [1.54, 1.807) is 5.48 Å². The van der Waals surface area contributed by atoms with Gasteiger partial charge in [0, 0.05) is 6.54 Å². The second-order valence-electron chi connectivity index (χ2n) is 4.69. The second-order valence-corrected chi connectivity index (χ2v) is 4.69. The van der Waals surface area contributed by atoms with Gasteiger partial charge in [-0.1, -0.05) is 12.1 Å². The molecule has 2 unspecified atom stereocenters. The van der Waals surface area contributed by atoms with Crippen LogP contribution in [-0.2, 0) is 15.8 Å². The minimum absolute atomic E-state index is 0.170. The van der Waals surface area contributed by atoms with E-state index in [2.05, 4.69) is 10.2 Å². The van der Waals surface area contributed by atoms with Crippen LogP contribution < -0.4 is 15.6 Å². The molecule has 1 aliphatic rings. The zero-order chi connectivity index (χ0) is 16.3. The Morgan fingerprint density at radius 2 is 2.05 bits per heavy atom. The molecule has 0 radical (unpaired) electrons. The first-order valence-corrected chi connectivity index (χ1v) is 6.39. The summed E-state index contributed by atoms with van der Waals surface area (Å²) in [5, 5.41) is 12.0. The molecule has 0 aromatic heterocycles. The first-order chi connectivity index (χ1) is 10.3. The van der Waals surface area contributed by atoms with E-state index in [-0.39, 0.29) is 13.0 Å². The molecule has 9 heteroatoms. The van der Waals surface area contributed by atoms with E-state index in [1.165, 1.54) is 12.1 Å². The van der Waals surface area contributed by atoms with Gasteiger partial charge in [-0.15, -0.1) is 0 Å². The molecular weight excluding hydrogens is 305 g/mol. The molecule has 2 amide bonds. The van der Waals surface area contributed by atoms with Gasteiger partial charge in [0.15, 0.2) is 5.75 Å². The summed E-state index contributed by atoms with van der Waals surface area (Å²) in [7, 11) is 0. The third kappa shape index (κ3) is 3.48. The van der Waals surface area contributed by atoms with Crippen molar-refractivity contribution >= 4 is 11.8 Å². The Morgan fingerprint density at radius 1 is 1.36 bits per heavy atom. The number of amides is 2. The number of para-hydroxylation sites is 1. The highest BCUT2D eigenvalue weighted by atomic mass is 19.4. The van der Waals surface area contributed by atoms with Crippen LogP contribution >= 0.6 is 0 Å². The lowest BCUT2D eigenvalue weighted by Crippen LogP contribution is -2.52. The number of aliphatic hydroxyl groups is 1. The normalized spacial score (nSPS) is 21.9. The van der Waals surface area contributed by atoms with Crippen molar-refractivity contribution in [3.63, 3.8) is 0 Å². The van der Waals surface area contributed by atoms with Gasteiger partial charge in [0.1, 0.15) is 11.5 Å². The third-order valence-corrected chi connectivity index (χ3v) is 3.14. The summed E-state index contributed by atoms with van der Waals surface area (Å²) in [4.78, 5) is 28.0. The van der Waals surface area contributed by atoms with E-state index in [0.29, 0.717) is 0 Å². The molecule has 0 bridgehead atoms. The second kappa shape index (κ2) is 6.22. The van der Waals surface area contributed by atoms with Crippen LogP contribution in [-0.4, -0.2) is 29.6 Å². The molecule has 22 heavy (non-hydrogen) atoms. The Morgan fingerprint density at radius 3 is 2.68 bits per heavy atom. The molecule has 1 saturated heterocycles. The van der Waals surface area contributed by atoms with Crippen LogP contribution in [0.4, 0.5) is 13.2 Å². The number of alkyl halides is 3. The van der Waals surface area contributed by atoms with Crippen LogP contribution in [0.25, 0.3) is 0 Å². The number of hydroxylamine groups is 1. The van der Waals surface area contributed by atoms with E-state index >= 15 is 0 Å². The maximum atomic E-state index is 12.8. The lowest BCUT2D eigenvalue weighted by atomic mass is 9.95. The van der Waals surface area contributed by atoms with Crippen molar-refractivity contribution in [3.8, 4) is 5.75 Å². The van der Waals surface area contributed by atoms with E-state index < -0.39 is 41.3 Å². The highest BCUT2D eigenvalue weighted by molar-refractivity contribution is 6.01. The van der Waals surface area contributed by atoms with Crippen molar-refractivity contribution in [1.29, 1.82) is 0 Å². The van der Waals surface area contributed by atoms with Crippen molar-refractivity contribution in [2.75, 3.05) is 6.54 Å². The Balaban J connectivity index is 2.07. The number of halogens is 3. The van der Waals surface area contributed by atoms with Crippen LogP contribution in [0.3, 0.4) is 0 Å². The van der Waals surface area contributed by atoms with Crippen LogP contribution in [0, 0.1) is 5.92 Å². The third-order valence-electron chi connectivity index (χ3n) is 3.14. The van der Waals surface area contributed by atoms with E-state index in [9.17, 15) is 27.9 Å². The average molecular weight is 318 g/mol. The molecule has 1 fully saturated rings. The smallest absolute Gasteiger partial charge is 0.392 e. The molecule has 6 nitrogen and oxygen atoms in total. The Hall–Kier alpha value is -2.29. The topological polar surface area (TPSA) is 87.7 Å². The molecule has 1 aromatic rings. The number of rotatable bonds is 3. The Bertz CT molecular complexity index is 577. The van der Waals surface area contributed by atoms with E-state index in [0.717, 1.165) is 12.1 Å². The standard InChI is InChI=1S/C13H13F3N2O4/c14-13(15,16)7-3-1-2-4-9(7)22-18-12(21)10-8(19)5-6-17-11(10)20/h1-4,8,10,19H,5-6H2,(H,17,20)(H,18,21). The lowest BCUT2D eigenvalue weighted by Gasteiger charge is -2.26. The molecule has 0 saturated carbocycles. The SMILES string of the molecule is O=C1NCCC(O)C1C(=O)NOc1ccccc1C(F)(F)F. The maximum absolute atomic E-state index is 12.8. The molecule has 3 N–H and O–H groups in total. The predicted octanol–water partition coefficient (Wildman–Crippen LogP) is 0.612. The highest BCUT2D eigenvalue weighted by Crippen LogP contribution is 2.35. The predicted molar refractivity (Wildman–Crippen MR) is 67.3 cm³/mol. The van der Waals surface area contributed by atoms with E-state index in [4.69, 9.17) is 0 Å². The first kappa shape index (κ1) is 16.1. The number of piperidine rings is 1. The summed E-state index contributed by atoms with van der Waals surface area (Å²) < 4.78 is 38.3. The van der Waals surface area contributed by atoms with Crippen LogP contribution in [0.5, 0.6) is 5.75 Å². The van der Waals surface area contributed by atoms with Crippen LogP contribution in [0.15, 0.2) is 24.3 Å². The molecule has 2 atom stereocenters. The zero-order valence-corrected chi connectivity index (χ0v) is 11.2. The largest absolute Gasteiger partial charge is 0.420 e. The number of carbonyl (C=O) groups excluding carboxylic acids is 2. The number of nitrogens with one attached hydrogen (secondary N) is 2. The molecular formula is C13H13F3N2O4. The van der Waals surface area contributed by atoms with Crippen molar-refractivity contribution < 1.29 is 32.7 Å². The Kier molecular flexibility index (Phi) is 4.55. The fourth-order valence-corrected chi connectivity index (χ4v) is 2.05. The summed E-state index contributed by atoms with van der Waals surface area (Å²) in [5.74, 6) is -3.74. The highest BCUT2D eigenvalue weighted by Gasteiger charge is 2.38. The number of carbonyl (C=O) groups is 2. The fourth-order valence-electron chi connectivity index (χ4n) is 2.05. The summed E-state index contributed by atoms with van der Waals surface area (Å²) >= 11 is 0. The molecule has 2 rings (SSSR count). The van der Waals surface area contributed by atoms with Crippen molar-refractivity contribution in [3.05, 3.63) is 29.8 Å². The molecule has 1 aliphatic heterocycles. The monoisotopic (exact) mass is 318 g/mol. The van der Waals surface area contributed by atoms with Gasteiger partial charge in [-0.25, -0.2) is 0 Å². The molecule has 120 valence electrons. The lowest BCUT2D eigenvalue weighted by molar-refractivity contribution is -0.149. The Labute approximate surface area is 123 Å². The van der Waals surface area contributed by atoms with Gasteiger partial charge in [-0.2, -0.15) is 18.7 Å². The van der Waals surface area contributed by atoms with Gasteiger partial charge < -0.3 is 15.3 Å². The minimum Gasteiger partial charge on any atom is -0.392 e. The number of benzene rings is 1. The minimum atomic E-state index is -4.65. The van der Waals surface area contributed by atoms with Gasteiger partial charge in [0.2, 0.25) is 5.91 Å². The van der Waals surface area contributed by atoms with Gasteiger partial charge in [0.05, 0.1) is 6.10 Å². The van der Waals surface area contributed by atoms with Gasteiger partial charge >= 0.3 is 6.18 Å². The summed E-state index contributed by atoms with van der Waals surface area (Å²) in [6.45, 7) is 0.224. The molecule has 1 aromatic carbocycles. The van der Waals surface area contributed by atoms with Gasteiger partial charge in [-0.05, 0) is 18.6 Å². The molecule has 0 spiro atoms. The zero-order valence-electron chi connectivity index (χ0n) is 11.2. The molecule has 0 aliphatic carbocycles. The van der Waals surface area contributed by atoms with Crippen LogP contribution in [0.2, 0.25) is 0 Å². The number of aliphatic hydroxyl groups excluding tert-OH is 1. The summed E-state index contributed by atoms with van der Waals surface area (Å²) in [5.41, 5.74) is 0.716. The van der Waals surface area contributed by atoms with Crippen molar-refractivity contribution in [2.24, 2.45) is 5.92 Å². The quantitative estimate of drug-likeness (QED) is 0.563. The van der Waals surface area contributed by atoms with Crippen molar-refractivity contribution in [2.45, 2.75) is 18.7 Å². The van der Waals surface area contributed by atoms with Crippen molar-refractivity contribution in [1.82, 2.24) is 10.8 Å². The number of hydrogen-bond donors (Lipinski definition) is 3. The van der Waals surface area contributed by atoms with Gasteiger partial charge in [-0.3, -0.25) is 9.59 Å². The summed E-state index contributed by atoms with van der Waals surface area (Å²) in [6.07, 6.45) is -5.69. The fraction of sp³-hybridized carbons (Fsp3) is 0.385. The average Bonchev–Trinajstić information content (AvgIpc) is 2.44. The van der Waals surface area contributed by atoms with Gasteiger partial charge in [0.25, 0.3) is 5.91 Å². The first-order valence-electron chi connectivity index (χ1n) is 6.39. The van der Waals surface area contributed by atoms with E-state index in [1.807, 2.05) is 0 Å². The maximum Gasteiger partial charge on any atom is 0.420 e. The summed E-state index contributed by atoms with van der Waals surface area (Å²) in [6, 6.07) is 4.30. The number of hydrogen-bond acceptors (Lipinski definition) is 4. The molecule has 1 heterocycles.